The van der Waals surface area contributed by atoms with Crippen LogP contribution in [0.5, 0.6) is 11.8 Å². The molecule has 1 amide bonds. The molecule has 3 heterocycles. The fourth-order valence-corrected chi connectivity index (χ4v) is 6.43. The number of aromatic nitrogens is 2. The summed E-state index contributed by atoms with van der Waals surface area (Å²) >= 11 is 6.29. The Bertz CT molecular complexity index is 1790. The van der Waals surface area contributed by atoms with Gasteiger partial charge in [0.25, 0.3) is 0 Å². The van der Waals surface area contributed by atoms with E-state index in [2.05, 4.69) is 23.0 Å². The fraction of sp³-hybridized carbons (Fsp3) is 0.371. The van der Waals surface area contributed by atoms with Crippen LogP contribution in [0.1, 0.15) is 24.8 Å². The van der Waals surface area contributed by atoms with Crippen molar-refractivity contribution in [2.45, 2.75) is 38.0 Å². The van der Waals surface area contributed by atoms with Crippen LogP contribution in [0.2, 0.25) is 5.02 Å². The largest absolute Gasteiger partial charge is 0.496 e. The zero-order valence-corrected chi connectivity index (χ0v) is 27.1. The number of nitrogens with zero attached hydrogens (tertiary/aromatic N) is 6. The van der Waals surface area contributed by atoms with E-state index in [1.54, 1.807) is 35.2 Å². The van der Waals surface area contributed by atoms with Crippen molar-refractivity contribution >= 4 is 34.4 Å². The Balaban J connectivity index is 1.33. The number of hydrogen-bond donors (Lipinski definition) is 0. The monoisotopic (exact) mass is 658 g/mol. The predicted molar refractivity (Wildman–Crippen MR) is 177 cm³/mol. The van der Waals surface area contributed by atoms with E-state index in [0.29, 0.717) is 40.7 Å². The van der Waals surface area contributed by atoms with Crippen LogP contribution in [0.25, 0.3) is 22.0 Å². The Morgan fingerprint density at radius 1 is 1.06 bits per heavy atom. The molecule has 2 fully saturated rings. The molecule has 6 rings (SSSR count). The first-order valence-corrected chi connectivity index (χ1v) is 16.0. The van der Waals surface area contributed by atoms with E-state index in [9.17, 15) is 10.1 Å². The molecule has 2 saturated heterocycles. The smallest absolute Gasteiger partial charge is 0.410 e. The standard InChI is InChI=1S/C35H36ClFN6O4/c1-41-16-6-9-26(41)22-46-34-39-32-28(12-11-27(31(32)37)29-19-24(36)10-13-30(29)45-2)33(40-34)42-17-18-43(25(20-42)14-15-38)35(44)47-21-23-7-4-3-5-8-23/h3-5,7-8,10-13,19,25-26H,6,9,14,16-18,20-22H2,1-2H3/t25-,26-/m0/s1. The SMILES string of the molecule is COc1ccc(Cl)cc1-c1ccc2c(N3CCN(C(=O)OCc4ccccc4)[C@@H](CC#N)C3)nc(OC[C@@H]3CCCN3C)nc2c1F. The van der Waals surface area contributed by atoms with E-state index < -0.39 is 18.0 Å². The van der Waals surface area contributed by atoms with Gasteiger partial charge in [0.15, 0.2) is 5.82 Å². The van der Waals surface area contributed by atoms with Gasteiger partial charge in [-0.25, -0.2) is 9.18 Å². The molecule has 2 aliphatic rings. The van der Waals surface area contributed by atoms with Crippen LogP contribution < -0.4 is 14.4 Å². The summed E-state index contributed by atoms with van der Waals surface area (Å²) in [5, 5.41) is 10.6. The third-order valence-corrected chi connectivity index (χ3v) is 9.08. The number of likely N-dealkylation sites (tertiary alicyclic amines) is 1. The van der Waals surface area contributed by atoms with Crippen molar-refractivity contribution in [3.05, 3.63) is 77.1 Å². The molecule has 0 N–H and O–H groups in total. The lowest BCUT2D eigenvalue weighted by molar-refractivity contribution is 0.0768. The molecule has 244 valence electrons. The molecular formula is C35H36ClFN6O4. The first-order valence-electron chi connectivity index (χ1n) is 15.6. The summed E-state index contributed by atoms with van der Waals surface area (Å²) < 4.78 is 33.8. The molecule has 2 aliphatic heterocycles. The number of hydrogen-bond acceptors (Lipinski definition) is 9. The van der Waals surface area contributed by atoms with Gasteiger partial charge in [0.1, 0.15) is 30.3 Å². The highest BCUT2D eigenvalue weighted by Crippen LogP contribution is 2.39. The van der Waals surface area contributed by atoms with Gasteiger partial charge >= 0.3 is 12.1 Å². The topological polar surface area (TPSA) is 104 Å². The van der Waals surface area contributed by atoms with Gasteiger partial charge in [-0.15, -0.1) is 0 Å². The number of benzene rings is 3. The van der Waals surface area contributed by atoms with E-state index in [1.165, 1.54) is 7.11 Å². The van der Waals surface area contributed by atoms with E-state index in [4.69, 9.17) is 30.8 Å². The van der Waals surface area contributed by atoms with Gasteiger partial charge in [-0.2, -0.15) is 15.2 Å². The number of carbonyl (C=O) groups is 1. The summed E-state index contributed by atoms with van der Waals surface area (Å²) in [7, 11) is 3.57. The van der Waals surface area contributed by atoms with Gasteiger partial charge in [0, 0.05) is 47.2 Å². The average Bonchev–Trinajstić information content (AvgIpc) is 3.51. The minimum Gasteiger partial charge on any atom is -0.496 e. The van der Waals surface area contributed by atoms with Gasteiger partial charge in [0.2, 0.25) is 0 Å². The van der Waals surface area contributed by atoms with Crippen molar-refractivity contribution in [1.29, 1.82) is 5.26 Å². The normalized spacial score (nSPS) is 18.3. The Hall–Kier alpha value is -4.66. The molecule has 2 atom stereocenters. The van der Waals surface area contributed by atoms with Crippen molar-refractivity contribution in [3.8, 4) is 29.0 Å². The van der Waals surface area contributed by atoms with Gasteiger partial charge in [-0.05, 0) is 56.3 Å². The minimum atomic E-state index is -0.564. The van der Waals surface area contributed by atoms with Crippen LogP contribution in [0.4, 0.5) is 15.0 Å². The highest BCUT2D eigenvalue weighted by atomic mass is 35.5. The van der Waals surface area contributed by atoms with Crippen molar-refractivity contribution in [2.24, 2.45) is 0 Å². The Morgan fingerprint density at radius 3 is 2.64 bits per heavy atom. The predicted octanol–water partition coefficient (Wildman–Crippen LogP) is 6.31. The molecule has 3 aromatic carbocycles. The molecule has 47 heavy (non-hydrogen) atoms. The fourth-order valence-electron chi connectivity index (χ4n) is 6.26. The number of amides is 1. The van der Waals surface area contributed by atoms with Gasteiger partial charge < -0.3 is 28.9 Å². The highest BCUT2D eigenvalue weighted by Gasteiger charge is 2.34. The van der Waals surface area contributed by atoms with Crippen molar-refractivity contribution in [2.75, 3.05) is 51.8 Å². The molecule has 0 saturated carbocycles. The van der Waals surface area contributed by atoms with E-state index in [1.807, 2.05) is 35.2 Å². The Kier molecular flexibility index (Phi) is 9.90. The second kappa shape index (κ2) is 14.4. The third kappa shape index (κ3) is 7.04. The maximum Gasteiger partial charge on any atom is 0.410 e. The number of fused-ring (bicyclic) bond motifs is 1. The molecular weight excluding hydrogens is 623 g/mol. The molecule has 0 bridgehead atoms. The highest BCUT2D eigenvalue weighted by molar-refractivity contribution is 6.31. The summed E-state index contributed by atoms with van der Waals surface area (Å²) in [5.74, 6) is 0.372. The molecule has 10 nitrogen and oxygen atoms in total. The molecule has 1 aromatic heterocycles. The van der Waals surface area contributed by atoms with Crippen LogP contribution in [0.15, 0.2) is 60.7 Å². The number of likely N-dealkylation sites (N-methyl/N-ethyl adjacent to an activating group) is 1. The first-order chi connectivity index (χ1) is 22.9. The number of halogens is 2. The Morgan fingerprint density at radius 2 is 1.89 bits per heavy atom. The maximum absolute atomic E-state index is 16.5. The number of rotatable bonds is 9. The lowest BCUT2D eigenvalue weighted by Gasteiger charge is -2.40. The van der Waals surface area contributed by atoms with Gasteiger partial charge in [-0.3, -0.25) is 0 Å². The van der Waals surface area contributed by atoms with E-state index >= 15 is 4.39 Å². The molecule has 0 spiro atoms. The van der Waals surface area contributed by atoms with E-state index in [-0.39, 0.29) is 49.2 Å². The van der Waals surface area contributed by atoms with Crippen molar-refractivity contribution < 1.29 is 23.4 Å². The lowest BCUT2D eigenvalue weighted by atomic mass is 10.0. The van der Waals surface area contributed by atoms with Crippen molar-refractivity contribution in [3.63, 3.8) is 0 Å². The first kappa shape index (κ1) is 32.3. The summed E-state index contributed by atoms with van der Waals surface area (Å²) in [4.78, 5) is 28.3. The third-order valence-electron chi connectivity index (χ3n) is 8.84. The second-order valence-electron chi connectivity index (χ2n) is 11.8. The summed E-state index contributed by atoms with van der Waals surface area (Å²) in [5.41, 5.74) is 1.73. The van der Waals surface area contributed by atoms with Crippen LogP contribution in [0.3, 0.4) is 0 Å². The minimum absolute atomic E-state index is 0.0587. The number of nitriles is 1. The van der Waals surface area contributed by atoms with Gasteiger partial charge in [-0.1, -0.05) is 48.0 Å². The number of methoxy groups -OCH3 is 1. The number of carbonyl (C=O) groups excluding carboxylic acids is 1. The maximum atomic E-state index is 16.5. The Labute approximate surface area is 278 Å². The zero-order chi connectivity index (χ0) is 32.9. The summed E-state index contributed by atoms with van der Waals surface area (Å²) in [6.45, 7) is 2.43. The molecule has 0 aliphatic carbocycles. The van der Waals surface area contributed by atoms with Crippen LogP contribution in [0, 0.1) is 17.1 Å². The summed E-state index contributed by atoms with van der Waals surface area (Å²) in [6.07, 6.45) is 1.66. The quantitative estimate of drug-likeness (QED) is 0.205. The zero-order valence-electron chi connectivity index (χ0n) is 26.4. The number of anilines is 1. The number of piperazine rings is 1. The lowest BCUT2D eigenvalue weighted by Crippen LogP contribution is -2.55. The van der Waals surface area contributed by atoms with Crippen molar-refractivity contribution in [1.82, 2.24) is 19.8 Å². The average molecular weight is 659 g/mol. The van der Waals surface area contributed by atoms with Crippen LogP contribution >= 0.6 is 11.6 Å². The van der Waals surface area contributed by atoms with Crippen LogP contribution in [-0.4, -0.2) is 84.9 Å². The number of ether oxygens (including phenoxy) is 3. The molecule has 0 radical (unpaired) electrons. The van der Waals surface area contributed by atoms with Gasteiger partial charge in [0.05, 0.1) is 25.6 Å². The second-order valence-corrected chi connectivity index (χ2v) is 12.2. The summed E-state index contributed by atoms with van der Waals surface area (Å²) in [6, 6.07) is 19.9. The molecule has 12 heteroatoms. The van der Waals surface area contributed by atoms with E-state index in [0.717, 1.165) is 24.9 Å². The molecule has 4 aromatic rings. The molecule has 0 unspecified atom stereocenters. The van der Waals surface area contributed by atoms with Crippen LogP contribution in [-0.2, 0) is 11.3 Å².